The van der Waals surface area contributed by atoms with Gasteiger partial charge in [-0.3, -0.25) is 9.78 Å². The second-order valence-electron chi connectivity index (χ2n) is 6.35. The number of ether oxygens (including phenoxy) is 3. The number of carbonyl (C=O) groups is 1. The molecule has 0 saturated heterocycles. The zero-order chi connectivity index (χ0) is 22.5. The SMILES string of the molecule is C=CC(=O)Nc1cc2c(Nc3cc(OC)c(OC)c(OC)c3)c(C#N)cnc2cc1N. The number of nitrogens with zero attached hydrogens (tertiary/aromatic N) is 2. The molecular weight excluding hydrogens is 398 g/mol. The van der Waals surface area contributed by atoms with Crippen molar-refractivity contribution in [2.24, 2.45) is 0 Å². The lowest BCUT2D eigenvalue weighted by atomic mass is 10.1. The minimum Gasteiger partial charge on any atom is -0.493 e. The summed E-state index contributed by atoms with van der Waals surface area (Å²) < 4.78 is 16.1. The molecule has 0 unspecified atom stereocenters. The van der Waals surface area contributed by atoms with E-state index in [9.17, 15) is 10.1 Å². The minimum absolute atomic E-state index is 0.298. The van der Waals surface area contributed by atoms with E-state index in [1.807, 2.05) is 0 Å². The fourth-order valence-corrected chi connectivity index (χ4v) is 3.06. The maximum Gasteiger partial charge on any atom is 0.247 e. The summed E-state index contributed by atoms with van der Waals surface area (Å²) in [5.74, 6) is 0.932. The standard InChI is InChI=1S/C22H21N5O4/c1-5-20(28)27-17-8-14-16(9-15(17)24)25-11-12(10-23)21(14)26-13-6-18(29-2)22(31-4)19(7-13)30-3/h5-9,11H,1,24H2,2-4H3,(H,25,26)(H,27,28). The van der Waals surface area contributed by atoms with Crippen molar-refractivity contribution in [3.63, 3.8) is 0 Å². The van der Waals surface area contributed by atoms with Crippen LogP contribution in [0, 0.1) is 11.3 Å². The Labute approximate surface area is 179 Å². The van der Waals surface area contributed by atoms with Crippen LogP contribution >= 0.6 is 0 Å². The second-order valence-corrected chi connectivity index (χ2v) is 6.35. The number of anilines is 4. The molecule has 2 aromatic carbocycles. The van der Waals surface area contributed by atoms with E-state index in [0.29, 0.717) is 56.5 Å². The average Bonchev–Trinajstić information content (AvgIpc) is 2.79. The molecule has 0 saturated carbocycles. The number of amides is 1. The summed E-state index contributed by atoms with van der Waals surface area (Å²) in [4.78, 5) is 16.1. The number of nitriles is 1. The lowest BCUT2D eigenvalue weighted by molar-refractivity contribution is -0.111. The molecule has 0 aliphatic heterocycles. The molecule has 0 fully saturated rings. The van der Waals surface area contributed by atoms with Gasteiger partial charge in [0.25, 0.3) is 0 Å². The van der Waals surface area contributed by atoms with Crippen LogP contribution in [0.5, 0.6) is 17.2 Å². The zero-order valence-electron chi connectivity index (χ0n) is 17.3. The highest BCUT2D eigenvalue weighted by Gasteiger charge is 2.17. The molecule has 158 valence electrons. The number of aromatic nitrogens is 1. The number of nitrogens with two attached hydrogens (primary N) is 1. The Hall–Kier alpha value is -4.45. The smallest absolute Gasteiger partial charge is 0.247 e. The average molecular weight is 419 g/mol. The van der Waals surface area contributed by atoms with Gasteiger partial charge in [-0.1, -0.05) is 6.58 Å². The van der Waals surface area contributed by atoms with Crippen LogP contribution in [-0.4, -0.2) is 32.2 Å². The Kier molecular flexibility index (Phi) is 6.12. The van der Waals surface area contributed by atoms with E-state index in [1.54, 1.807) is 24.3 Å². The molecule has 3 aromatic rings. The van der Waals surface area contributed by atoms with Crippen molar-refractivity contribution in [1.29, 1.82) is 5.26 Å². The number of nitrogens with one attached hydrogen (secondary N) is 2. The number of hydrogen-bond donors (Lipinski definition) is 3. The summed E-state index contributed by atoms with van der Waals surface area (Å²) in [7, 11) is 4.54. The number of methoxy groups -OCH3 is 3. The molecule has 0 spiro atoms. The van der Waals surface area contributed by atoms with Gasteiger partial charge in [-0.05, 0) is 18.2 Å². The normalized spacial score (nSPS) is 10.1. The Morgan fingerprint density at radius 1 is 1.16 bits per heavy atom. The molecule has 3 rings (SSSR count). The fraction of sp³-hybridized carbons (Fsp3) is 0.136. The third-order valence-corrected chi connectivity index (χ3v) is 4.54. The Balaban J connectivity index is 2.19. The lowest BCUT2D eigenvalue weighted by Crippen LogP contribution is -2.09. The molecule has 9 heteroatoms. The van der Waals surface area contributed by atoms with Crippen molar-refractivity contribution in [3.05, 3.63) is 48.7 Å². The number of rotatable bonds is 7. The summed E-state index contributed by atoms with van der Waals surface area (Å²) in [6, 6.07) is 8.83. The summed E-state index contributed by atoms with van der Waals surface area (Å²) in [5.41, 5.74) is 8.67. The molecule has 0 atom stereocenters. The largest absolute Gasteiger partial charge is 0.493 e. The summed E-state index contributed by atoms with van der Waals surface area (Å²) in [6.45, 7) is 3.44. The number of nitrogen functional groups attached to an aromatic ring is 1. The second kappa shape index (κ2) is 8.92. The van der Waals surface area contributed by atoms with Gasteiger partial charge in [-0.25, -0.2) is 0 Å². The van der Waals surface area contributed by atoms with Crippen LogP contribution in [0.1, 0.15) is 5.56 Å². The number of pyridine rings is 1. The van der Waals surface area contributed by atoms with E-state index in [-0.39, 0.29) is 0 Å². The molecule has 9 nitrogen and oxygen atoms in total. The third-order valence-electron chi connectivity index (χ3n) is 4.54. The van der Waals surface area contributed by atoms with Gasteiger partial charge >= 0.3 is 0 Å². The Bertz CT molecular complexity index is 1190. The van der Waals surface area contributed by atoms with Crippen molar-refractivity contribution in [2.45, 2.75) is 0 Å². The number of fused-ring (bicyclic) bond motifs is 1. The van der Waals surface area contributed by atoms with Crippen molar-refractivity contribution in [1.82, 2.24) is 4.98 Å². The molecule has 0 radical (unpaired) electrons. The van der Waals surface area contributed by atoms with Crippen molar-refractivity contribution < 1.29 is 19.0 Å². The van der Waals surface area contributed by atoms with Gasteiger partial charge in [-0.2, -0.15) is 5.26 Å². The van der Waals surface area contributed by atoms with Crippen molar-refractivity contribution >= 4 is 39.6 Å². The first kappa shape index (κ1) is 21.3. The van der Waals surface area contributed by atoms with E-state index in [2.05, 4.69) is 28.3 Å². The van der Waals surface area contributed by atoms with Crippen LogP contribution in [0.15, 0.2) is 43.1 Å². The minimum atomic E-state index is -0.408. The van der Waals surface area contributed by atoms with E-state index >= 15 is 0 Å². The zero-order valence-corrected chi connectivity index (χ0v) is 17.3. The van der Waals surface area contributed by atoms with Crippen LogP contribution in [0.4, 0.5) is 22.7 Å². The van der Waals surface area contributed by atoms with Crippen LogP contribution in [0.3, 0.4) is 0 Å². The van der Waals surface area contributed by atoms with Gasteiger partial charge in [0.2, 0.25) is 11.7 Å². The van der Waals surface area contributed by atoms with E-state index in [0.717, 1.165) is 6.08 Å². The lowest BCUT2D eigenvalue weighted by Gasteiger charge is -2.17. The summed E-state index contributed by atoms with van der Waals surface area (Å²) >= 11 is 0. The number of benzene rings is 2. The molecule has 1 aromatic heterocycles. The van der Waals surface area contributed by atoms with Gasteiger partial charge in [0, 0.05) is 29.4 Å². The van der Waals surface area contributed by atoms with Gasteiger partial charge in [0.1, 0.15) is 6.07 Å². The molecular formula is C22H21N5O4. The molecule has 1 heterocycles. The predicted molar refractivity (Wildman–Crippen MR) is 119 cm³/mol. The fourth-order valence-electron chi connectivity index (χ4n) is 3.06. The van der Waals surface area contributed by atoms with E-state index < -0.39 is 5.91 Å². The van der Waals surface area contributed by atoms with Gasteiger partial charge in [-0.15, -0.1) is 0 Å². The molecule has 0 bridgehead atoms. The maximum absolute atomic E-state index is 11.8. The Morgan fingerprint density at radius 2 is 1.84 bits per heavy atom. The molecule has 4 N–H and O–H groups in total. The van der Waals surface area contributed by atoms with Gasteiger partial charge in [0.05, 0.1) is 49.5 Å². The predicted octanol–water partition coefficient (Wildman–Crippen LogP) is 3.58. The first-order chi connectivity index (χ1) is 14.9. The van der Waals surface area contributed by atoms with Crippen LogP contribution in [0.25, 0.3) is 10.9 Å². The van der Waals surface area contributed by atoms with E-state index in [4.69, 9.17) is 19.9 Å². The molecule has 0 aliphatic carbocycles. The first-order valence-electron chi connectivity index (χ1n) is 9.08. The van der Waals surface area contributed by atoms with Crippen LogP contribution in [-0.2, 0) is 4.79 Å². The molecule has 1 amide bonds. The highest BCUT2D eigenvalue weighted by atomic mass is 16.5. The number of hydrogen-bond acceptors (Lipinski definition) is 8. The highest BCUT2D eigenvalue weighted by Crippen LogP contribution is 2.42. The van der Waals surface area contributed by atoms with Crippen molar-refractivity contribution in [3.8, 4) is 23.3 Å². The third kappa shape index (κ3) is 4.13. The quantitative estimate of drug-likeness (QED) is 0.391. The van der Waals surface area contributed by atoms with E-state index in [1.165, 1.54) is 27.5 Å². The Morgan fingerprint density at radius 3 is 2.39 bits per heavy atom. The highest BCUT2D eigenvalue weighted by molar-refractivity contribution is 6.06. The number of carbonyl (C=O) groups excluding carboxylic acids is 1. The first-order valence-corrected chi connectivity index (χ1v) is 9.08. The summed E-state index contributed by atoms with van der Waals surface area (Å²) in [5, 5.41) is 16.1. The van der Waals surface area contributed by atoms with Crippen LogP contribution in [0.2, 0.25) is 0 Å². The molecule has 31 heavy (non-hydrogen) atoms. The maximum atomic E-state index is 11.8. The van der Waals surface area contributed by atoms with Gasteiger partial charge < -0.3 is 30.6 Å². The van der Waals surface area contributed by atoms with Crippen molar-refractivity contribution in [2.75, 3.05) is 37.7 Å². The molecule has 0 aliphatic rings. The topological polar surface area (TPSA) is 132 Å². The summed E-state index contributed by atoms with van der Waals surface area (Å²) in [6.07, 6.45) is 2.59. The monoisotopic (exact) mass is 419 g/mol. The van der Waals surface area contributed by atoms with Gasteiger partial charge in [0.15, 0.2) is 11.5 Å². The van der Waals surface area contributed by atoms with Crippen LogP contribution < -0.4 is 30.6 Å².